The highest BCUT2D eigenvalue weighted by Gasteiger charge is 2.48. The highest BCUT2D eigenvalue weighted by atomic mass is 35.5. The van der Waals surface area contributed by atoms with Crippen molar-refractivity contribution in [3.05, 3.63) is 33.6 Å². The van der Waals surface area contributed by atoms with Crippen molar-refractivity contribution in [3.63, 3.8) is 0 Å². The number of carbonyl (C=O) groups excluding carboxylic acids is 1. The number of carbonyl (C=O) groups is 1. The molecule has 1 aromatic carbocycles. The number of rotatable bonds is 1. The maximum absolute atomic E-state index is 13.6. The van der Waals surface area contributed by atoms with Crippen LogP contribution in [-0.4, -0.2) is 18.6 Å². The monoisotopic (exact) mass is 335 g/mol. The molecule has 0 aliphatic carbocycles. The van der Waals surface area contributed by atoms with Gasteiger partial charge in [-0.15, -0.1) is 12.4 Å². The van der Waals surface area contributed by atoms with Crippen molar-refractivity contribution in [1.29, 1.82) is 0 Å². The topological polar surface area (TPSA) is 38.3 Å². The number of nitrogens with one attached hydrogen (secondary N) is 1. The van der Waals surface area contributed by atoms with E-state index in [2.05, 4.69) is 4.74 Å². The van der Waals surface area contributed by atoms with E-state index in [4.69, 9.17) is 23.2 Å². The maximum Gasteiger partial charge on any atom is 0.408 e. The summed E-state index contributed by atoms with van der Waals surface area (Å²) in [5, 5.41) is 1.40. The summed E-state index contributed by atoms with van der Waals surface area (Å²) in [6.07, 6.45) is -1.07. The number of cyclic esters (lactones) is 1. The van der Waals surface area contributed by atoms with Gasteiger partial charge in [0, 0.05) is 5.56 Å². The number of alkyl halides is 2. The number of hydrogen-bond acceptors (Lipinski definition) is 2. The van der Waals surface area contributed by atoms with E-state index in [1.165, 1.54) is 0 Å². The van der Waals surface area contributed by atoms with Crippen LogP contribution < -0.4 is 5.32 Å². The Labute approximate surface area is 122 Å². The first-order valence-corrected chi connectivity index (χ1v) is 5.53. The van der Waals surface area contributed by atoms with Crippen molar-refractivity contribution >= 4 is 41.7 Å². The number of amides is 1. The number of alkyl carbamates (subject to hydrolysis) is 1. The molecule has 0 aromatic heterocycles. The summed E-state index contributed by atoms with van der Waals surface area (Å²) < 4.78 is 45.0. The molecule has 3 nitrogen and oxygen atoms in total. The zero-order valence-electron chi connectivity index (χ0n) is 9.05. The van der Waals surface area contributed by atoms with Crippen LogP contribution in [0.3, 0.4) is 0 Å². The molecule has 9 heteroatoms. The minimum absolute atomic E-state index is 0. The van der Waals surface area contributed by atoms with E-state index in [0.29, 0.717) is 0 Å². The predicted octanol–water partition coefficient (Wildman–Crippen LogP) is 3.97. The second-order valence-electron chi connectivity index (χ2n) is 3.67. The first-order chi connectivity index (χ1) is 8.33. The van der Waals surface area contributed by atoms with Crippen molar-refractivity contribution in [2.45, 2.75) is 12.0 Å². The largest absolute Gasteiger partial charge is 0.443 e. The first-order valence-electron chi connectivity index (χ1n) is 4.77. The fraction of sp³-hybridized carbons (Fsp3) is 0.300. The van der Waals surface area contributed by atoms with Crippen LogP contribution in [0.4, 0.5) is 18.0 Å². The van der Waals surface area contributed by atoms with Gasteiger partial charge >= 0.3 is 12.0 Å². The Kier molecular flexibility index (Phi) is 4.81. The number of hydrogen-bond donors (Lipinski definition) is 1. The van der Waals surface area contributed by atoms with Gasteiger partial charge in [-0.3, -0.25) is 0 Å². The van der Waals surface area contributed by atoms with Crippen LogP contribution in [0.15, 0.2) is 12.1 Å². The quantitative estimate of drug-likeness (QED) is 0.788. The second-order valence-corrected chi connectivity index (χ2v) is 4.46. The lowest BCUT2D eigenvalue weighted by molar-refractivity contribution is -0.104. The van der Waals surface area contributed by atoms with Gasteiger partial charge in [0.2, 0.25) is 0 Å². The van der Waals surface area contributed by atoms with Crippen LogP contribution in [0.2, 0.25) is 10.0 Å². The smallest absolute Gasteiger partial charge is 0.408 e. The molecule has 0 bridgehead atoms. The third-order valence-electron chi connectivity index (χ3n) is 2.45. The normalized spacial score (nSPS) is 21.1. The summed E-state index contributed by atoms with van der Waals surface area (Å²) in [4.78, 5) is 11.0. The summed E-state index contributed by atoms with van der Waals surface area (Å²) in [5.74, 6) is -4.46. The van der Waals surface area contributed by atoms with Crippen molar-refractivity contribution in [3.8, 4) is 0 Å². The van der Waals surface area contributed by atoms with Gasteiger partial charge in [0.1, 0.15) is 11.9 Å². The van der Waals surface area contributed by atoms with E-state index in [-0.39, 0.29) is 22.5 Å². The molecule has 2 rings (SSSR count). The van der Waals surface area contributed by atoms with E-state index < -0.39 is 36.0 Å². The molecule has 1 N–H and O–H groups in total. The maximum atomic E-state index is 13.6. The number of benzene rings is 1. The SMILES string of the molecule is Cl.O=C1N[C@H](c2c(F)ccc(Cl)c2Cl)C(F)(F)CO1. The first kappa shape index (κ1) is 16.2. The second kappa shape index (κ2) is 5.64. The lowest BCUT2D eigenvalue weighted by Crippen LogP contribution is -2.50. The standard InChI is InChI=1S/C10H6Cl2F3NO2.ClH/c11-4-1-2-5(13)6(7(4)12)8-10(14,15)3-18-9(17)16-8;/h1-2,8H,3H2,(H,16,17);1H/t8-;/m1./s1. The molecule has 1 heterocycles. The van der Waals surface area contributed by atoms with Gasteiger partial charge in [0.25, 0.3) is 0 Å². The van der Waals surface area contributed by atoms with Gasteiger partial charge in [0.05, 0.1) is 10.0 Å². The van der Waals surface area contributed by atoms with Crippen LogP contribution >= 0.6 is 35.6 Å². The molecule has 1 amide bonds. The molecule has 1 fully saturated rings. The van der Waals surface area contributed by atoms with E-state index in [1.54, 1.807) is 0 Å². The van der Waals surface area contributed by atoms with E-state index in [1.807, 2.05) is 5.32 Å². The van der Waals surface area contributed by atoms with E-state index in [9.17, 15) is 18.0 Å². The predicted molar refractivity (Wildman–Crippen MR) is 65.8 cm³/mol. The fourth-order valence-corrected chi connectivity index (χ4v) is 2.03. The van der Waals surface area contributed by atoms with Gasteiger partial charge in [-0.05, 0) is 12.1 Å². The number of ether oxygens (including phenoxy) is 1. The summed E-state index contributed by atoms with van der Waals surface area (Å²) in [7, 11) is 0. The molecule has 0 saturated carbocycles. The van der Waals surface area contributed by atoms with Crippen LogP contribution in [0.25, 0.3) is 0 Å². The van der Waals surface area contributed by atoms with Crippen LogP contribution in [0, 0.1) is 5.82 Å². The Hall–Kier alpha value is -0.850. The van der Waals surface area contributed by atoms with E-state index >= 15 is 0 Å². The minimum atomic E-state index is -3.48. The molecule has 1 aromatic rings. The van der Waals surface area contributed by atoms with Gasteiger partial charge in [-0.1, -0.05) is 23.2 Å². The molecule has 1 atom stereocenters. The van der Waals surface area contributed by atoms with Gasteiger partial charge in [-0.2, -0.15) is 0 Å². The summed E-state index contributed by atoms with van der Waals surface area (Å²) in [6, 6.07) is 0.133. The lowest BCUT2D eigenvalue weighted by Gasteiger charge is -2.32. The van der Waals surface area contributed by atoms with Crippen molar-refractivity contribution in [2.24, 2.45) is 0 Å². The van der Waals surface area contributed by atoms with Crippen LogP contribution in [0.1, 0.15) is 11.6 Å². The summed E-state index contributed by atoms with van der Waals surface area (Å²) in [6.45, 7) is -1.15. The molecule has 1 aliphatic heterocycles. The number of halogens is 6. The highest BCUT2D eigenvalue weighted by molar-refractivity contribution is 6.42. The average molecular weight is 337 g/mol. The lowest BCUT2D eigenvalue weighted by atomic mass is 9.99. The summed E-state index contributed by atoms with van der Waals surface area (Å²) >= 11 is 11.4. The Morgan fingerprint density at radius 2 is 2.00 bits per heavy atom. The fourth-order valence-electron chi connectivity index (χ4n) is 1.60. The Balaban J connectivity index is 0.00000180. The molecule has 0 spiro atoms. The van der Waals surface area contributed by atoms with Crippen LogP contribution in [-0.2, 0) is 4.74 Å². The minimum Gasteiger partial charge on any atom is -0.443 e. The molecule has 19 heavy (non-hydrogen) atoms. The molecular weight excluding hydrogens is 329 g/mol. The Bertz CT molecular complexity index is 513. The Morgan fingerprint density at radius 3 is 2.63 bits per heavy atom. The molecule has 0 radical (unpaired) electrons. The average Bonchev–Trinajstić information content (AvgIpc) is 2.29. The van der Waals surface area contributed by atoms with Crippen molar-refractivity contribution < 1.29 is 22.7 Å². The molecule has 0 unspecified atom stereocenters. The molecule has 1 saturated heterocycles. The molecular formula is C10H7Cl3F3NO2. The van der Waals surface area contributed by atoms with Crippen molar-refractivity contribution in [2.75, 3.05) is 6.61 Å². The van der Waals surface area contributed by atoms with Crippen molar-refractivity contribution in [1.82, 2.24) is 5.32 Å². The molecule has 1 aliphatic rings. The van der Waals surface area contributed by atoms with Gasteiger partial charge in [-0.25, -0.2) is 18.0 Å². The molecule has 106 valence electrons. The van der Waals surface area contributed by atoms with Gasteiger partial charge in [0.15, 0.2) is 6.61 Å². The van der Waals surface area contributed by atoms with Gasteiger partial charge < -0.3 is 10.1 Å². The zero-order valence-corrected chi connectivity index (χ0v) is 11.4. The Morgan fingerprint density at radius 1 is 1.37 bits per heavy atom. The van der Waals surface area contributed by atoms with Crippen LogP contribution in [0.5, 0.6) is 0 Å². The summed E-state index contributed by atoms with van der Waals surface area (Å²) in [5.41, 5.74) is -0.550. The third-order valence-corrected chi connectivity index (χ3v) is 3.27. The van der Waals surface area contributed by atoms with E-state index in [0.717, 1.165) is 12.1 Å². The zero-order chi connectivity index (χ0) is 13.5. The highest BCUT2D eigenvalue weighted by Crippen LogP contribution is 2.41. The third kappa shape index (κ3) is 3.01.